The Balaban J connectivity index is 1.87. The summed E-state index contributed by atoms with van der Waals surface area (Å²) in [7, 11) is 1.62. The van der Waals surface area contributed by atoms with Crippen LogP contribution in [0.1, 0.15) is 44.1 Å². The quantitative estimate of drug-likeness (QED) is 0.854. The first-order valence-corrected chi connectivity index (χ1v) is 8.37. The Hall–Kier alpha value is -1.88. The molecule has 0 radical (unpaired) electrons. The van der Waals surface area contributed by atoms with E-state index in [0.717, 1.165) is 49.8 Å². The van der Waals surface area contributed by atoms with E-state index in [-0.39, 0.29) is 18.4 Å². The van der Waals surface area contributed by atoms with Crippen molar-refractivity contribution in [1.82, 2.24) is 4.90 Å². The van der Waals surface area contributed by atoms with Crippen molar-refractivity contribution in [3.63, 3.8) is 0 Å². The molecule has 3 rings (SSSR count). The van der Waals surface area contributed by atoms with E-state index in [1.54, 1.807) is 12.0 Å². The summed E-state index contributed by atoms with van der Waals surface area (Å²) in [6.45, 7) is 0.525. The van der Waals surface area contributed by atoms with Gasteiger partial charge in [0.15, 0.2) is 0 Å². The van der Waals surface area contributed by atoms with Gasteiger partial charge in [0.2, 0.25) is 5.91 Å². The number of nitrogens with zero attached hydrogens (tertiary/aromatic N) is 1. The molecule has 2 aliphatic rings. The number of ether oxygens (including phenoxy) is 1. The fourth-order valence-electron chi connectivity index (χ4n) is 3.64. The molecule has 0 atom stereocenters. The number of carbonyl (C=O) groups excluding carboxylic acids is 2. The molecule has 0 bridgehead atoms. The minimum absolute atomic E-state index is 0.0475. The van der Waals surface area contributed by atoms with E-state index < -0.39 is 5.60 Å². The third-order valence-corrected chi connectivity index (χ3v) is 4.97. The Morgan fingerprint density at radius 3 is 2.52 bits per heavy atom. The summed E-state index contributed by atoms with van der Waals surface area (Å²) in [6, 6.07) is 7.64. The zero-order valence-corrected chi connectivity index (χ0v) is 13.6. The Labute approximate surface area is 137 Å². The van der Waals surface area contributed by atoms with E-state index in [1.807, 2.05) is 24.3 Å². The van der Waals surface area contributed by atoms with Crippen molar-refractivity contribution in [1.29, 1.82) is 0 Å². The second-order valence-corrected chi connectivity index (χ2v) is 6.48. The van der Waals surface area contributed by atoms with Crippen LogP contribution in [-0.4, -0.2) is 36.0 Å². The van der Waals surface area contributed by atoms with Crippen LogP contribution in [0, 0.1) is 0 Å². The molecule has 1 aromatic rings. The molecular formula is C18H24N2O3. The van der Waals surface area contributed by atoms with Crippen molar-refractivity contribution in [2.75, 3.05) is 19.0 Å². The third-order valence-electron chi connectivity index (χ3n) is 4.97. The summed E-state index contributed by atoms with van der Waals surface area (Å²) >= 11 is 0. The van der Waals surface area contributed by atoms with E-state index in [1.165, 1.54) is 0 Å². The maximum atomic E-state index is 13.2. The summed E-state index contributed by atoms with van der Waals surface area (Å²) in [5.74, 6) is -0.197. The topological polar surface area (TPSA) is 58.6 Å². The molecule has 2 amide bonds. The molecule has 1 saturated carbocycles. The Morgan fingerprint density at radius 2 is 1.83 bits per heavy atom. The summed E-state index contributed by atoms with van der Waals surface area (Å²) in [6.07, 6.45) is 5.75. The highest BCUT2D eigenvalue weighted by Gasteiger charge is 2.42. The van der Waals surface area contributed by atoms with Gasteiger partial charge < -0.3 is 15.0 Å². The number of methoxy groups -OCH3 is 1. The number of rotatable bonds is 2. The lowest BCUT2D eigenvalue weighted by atomic mass is 9.92. The Bertz CT molecular complexity index is 592. The molecule has 23 heavy (non-hydrogen) atoms. The zero-order valence-electron chi connectivity index (χ0n) is 13.6. The molecule has 5 heteroatoms. The van der Waals surface area contributed by atoms with Crippen LogP contribution in [0.2, 0.25) is 0 Å². The largest absolute Gasteiger partial charge is 0.368 e. The minimum atomic E-state index is -0.768. The Morgan fingerprint density at radius 1 is 1.13 bits per heavy atom. The molecule has 1 fully saturated rings. The zero-order chi connectivity index (χ0) is 16.3. The van der Waals surface area contributed by atoms with Crippen molar-refractivity contribution in [3.05, 3.63) is 29.8 Å². The van der Waals surface area contributed by atoms with E-state index in [4.69, 9.17) is 4.74 Å². The first-order chi connectivity index (χ1) is 11.1. The molecule has 0 saturated heterocycles. The van der Waals surface area contributed by atoms with Crippen molar-refractivity contribution in [2.45, 2.75) is 50.7 Å². The number of benzene rings is 1. The third kappa shape index (κ3) is 3.24. The van der Waals surface area contributed by atoms with Crippen molar-refractivity contribution in [3.8, 4) is 0 Å². The van der Waals surface area contributed by atoms with Crippen LogP contribution in [0.15, 0.2) is 24.3 Å². The van der Waals surface area contributed by atoms with Crippen LogP contribution in [-0.2, 0) is 20.9 Å². The van der Waals surface area contributed by atoms with Gasteiger partial charge in [0, 0.05) is 19.3 Å². The van der Waals surface area contributed by atoms with Crippen molar-refractivity contribution in [2.24, 2.45) is 0 Å². The summed E-state index contributed by atoms with van der Waals surface area (Å²) in [5, 5.41) is 2.88. The van der Waals surface area contributed by atoms with Gasteiger partial charge in [-0.25, -0.2) is 0 Å². The average molecular weight is 316 g/mol. The maximum Gasteiger partial charge on any atom is 0.255 e. The molecule has 0 unspecified atom stereocenters. The van der Waals surface area contributed by atoms with Gasteiger partial charge in [0.1, 0.15) is 12.1 Å². The van der Waals surface area contributed by atoms with Gasteiger partial charge >= 0.3 is 0 Å². The van der Waals surface area contributed by atoms with Gasteiger partial charge in [0.05, 0.1) is 0 Å². The standard InChI is InChI=1S/C18H24N2O3/c1-23-18(10-6-2-3-7-11-18)17(22)20-12-14-8-4-5-9-15(14)19-16(21)13-20/h4-5,8-9H,2-3,6-7,10-13H2,1H3,(H,19,21). The van der Waals surface area contributed by atoms with Gasteiger partial charge in [-0.1, -0.05) is 43.9 Å². The SMILES string of the molecule is COC1(C(=O)N2CC(=O)Nc3ccccc3C2)CCCCCC1. The summed E-state index contributed by atoms with van der Waals surface area (Å²) in [5.41, 5.74) is 0.988. The summed E-state index contributed by atoms with van der Waals surface area (Å²) in [4.78, 5) is 27.0. The fraction of sp³-hybridized carbons (Fsp3) is 0.556. The van der Waals surface area contributed by atoms with Gasteiger partial charge in [-0.05, 0) is 24.5 Å². The van der Waals surface area contributed by atoms with Crippen molar-refractivity contribution >= 4 is 17.5 Å². The number of hydrogen-bond acceptors (Lipinski definition) is 3. The number of anilines is 1. The van der Waals surface area contributed by atoms with Crippen LogP contribution in [0.3, 0.4) is 0 Å². The van der Waals surface area contributed by atoms with Crippen LogP contribution in [0.25, 0.3) is 0 Å². The molecular weight excluding hydrogens is 292 g/mol. The molecule has 1 aliphatic heterocycles. The molecule has 1 aliphatic carbocycles. The highest BCUT2D eigenvalue weighted by molar-refractivity contribution is 5.97. The fourth-order valence-corrected chi connectivity index (χ4v) is 3.64. The van der Waals surface area contributed by atoms with Crippen molar-refractivity contribution < 1.29 is 14.3 Å². The smallest absolute Gasteiger partial charge is 0.255 e. The predicted octanol–water partition coefficient (Wildman–Crippen LogP) is 2.71. The lowest BCUT2D eigenvalue weighted by molar-refractivity contribution is -0.158. The van der Waals surface area contributed by atoms with Crippen LogP contribution < -0.4 is 5.32 Å². The normalized spacial score (nSPS) is 20.9. The molecule has 0 aromatic heterocycles. The monoisotopic (exact) mass is 316 g/mol. The molecule has 124 valence electrons. The van der Waals surface area contributed by atoms with E-state index in [0.29, 0.717) is 6.54 Å². The molecule has 5 nitrogen and oxygen atoms in total. The number of nitrogens with one attached hydrogen (secondary N) is 1. The Kier molecular flexibility index (Phi) is 4.66. The second kappa shape index (κ2) is 6.71. The average Bonchev–Trinajstić information content (AvgIpc) is 2.90. The van der Waals surface area contributed by atoms with Gasteiger partial charge in [-0.15, -0.1) is 0 Å². The predicted molar refractivity (Wildman–Crippen MR) is 87.9 cm³/mol. The number of fused-ring (bicyclic) bond motifs is 1. The van der Waals surface area contributed by atoms with Crippen LogP contribution >= 0.6 is 0 Å². The number of hydrogen-bond donors (Lipinski definition) is 1. The lowest BCUT2D eigenvalue weighted by Gasteiger charge is -2.34. The number of carbonyl (C=O) groups is 2. The number of amides is 2. The molecule has 1 heterocycles. The van der Waals surface area contributed by atoms with Gasteiger partial charge in [-0.2, -0.15) is 0 Å². The van der Waals surface area contributed by atoms with Crippen LogP contribution in [0.5, 0.6) is 0 Å². The van der Waals surface area contributed by atoms with E-state index >= 15 is 0 Å². The maximum absolute atomic E-state index is 13.2. The first-order valence-electron chi connectivity index (χ1n) is 8.37. The first kappa shape index (κ1) is 16.0. The van der Waals surface area contributed by atoms with Crippen LogP contribution in [0.4, 0.5) is 5.69 Å². The van der Waals surface area contributed by atoms with Gasteiger partial charge in [-0.3, -0.25) is 9.59 Å². The van der Waals surface area contributed by atoms with E-state index in [9.17, 15) is 9.59 Å². The highest BCUT2D eigenvalue weighted by Crippen LogP contribution is 2.33. The second-order valence-electron chi connectivity index (χ2n) is 6.48. The van der Waals surface area contributed by atoms with E-state index in [2.05, 4.69) is 5.32 Å². The number of para-hydroxylation sites is 1. The van der Waals surface area contributed by atoms with Gasteiger partial charge in [0.25, 0.3) is 5.91 Å². The molecule has 1 N–H and O–H groups in total. The minimum Gasteiger partial charge on any atom is -0.368 e. The molecule has 0 spiro atoms. The molecule has 1 aromatic carbocycles. The lowest BCUT2D eigenvalue weighted by Crippen LogP contribution is -2.51. The highest BCUT2D eigenvalue weighted by atomic mass is 16.5. The summed E-state index contributed by atoms with van der Waals surface area (Å²) < 4.78 is 5.71.